The number of aromatic nitrogens is 2. The molecule has 2 atom stereocenters. The normalized spacial score (nSPS) is 16.8. The zero-order valence-electron chi connectivity index (χ0n) is 39.7. The number of nitrogens with zero attached hydrogens (tertiary/aromatic N) is 4. The molecule has 2 aliphatic rings. The second-order valence-corrected chi connectivity index (χ2v) is 17.8. The van der Waals surface area contributed by atoms with Crippen LogP contribution >= 0.6 is 0 Å². The van der Waals surface area contributed by atoms with E-state index in [0.717, 1.165) is 32.9 Å². The van der Waals surface area contributed by atoms with Gasteiger partial charge in [-0.15, -0.1) is 0 Å². The first-order valence-corrected chi connectivity index (χ1v) is 22.1. The fourth-order valence-corrected chi connectivity index (χ4v) is 8.01. The minimum atomic E-state index is -0.832. The maximum absolute atomic E-state index is 12.8. The van der Waals surface area contributed by atoms with Gasteiger partial charge in [0.15, 0.2) is 0 Å². The number of ether oxygens (including phenoxy) is 5. The predicted octanol–water partition coefficient (Wildman–Crippen LogP) is 8.74. The summed E-state index contributed by atoms with van der Waals surface area (Å²) in [5.74, 6) is -1.31. The third-order valence-corrected chi connectivity index (χ3v) is 11.8. The van der Waals surface area contributed by atoms with Crippen LogP contribution in [-0.2, 0) is 47.7 Å². The molecule has 15 heteroatoms. The molecule has 2 saturated heterocycles. The van der Waals surface area contributed by atoms with E-state index in [1.807, 2.05) is 106 Å². The Kier molecular flexibility index (Phi) is 16.5. The molecule has 0 aliphatic carbocycles. The summed E-state index contributed by atoms with van der Waals surface area (Å²) in [6.45, 7) is 15.2. The van der Waals surface area contributed by atoms with Gasteiger partial charge < -0.3 is 33.5 Å². The van der Waals surface area contributed by atoms with Crippen LogP contribution in [0.3, 0.4) is 0 Å². The Bertz CT molecular complexity index is 2490. The van der Waals surface area contributed by atoms with Crippen molar-refractivity contribution >= 4 is 69.8 Å². The number of likely N-dealkylation sites (tertiary alicyclic amines) is 2. The number of fused-ring (bicyclic) bond motifs is 2. The summed E-state index contributed by atoms with van der Waals surface area (Å²) in [4.78, 5) is 84.6. The molecule has 4 heterocycles. The lowest BCUT2D eigenvalue weighted by Gasteiger charge is -2.38. The van der Waals surface area contributed by atoms with E-state index in [4.69, 9.17) is 23.7 Å². The highest BCUT2D eigenvalue weighted by Gasteiger charge is 2.43. The van der Waals surface area contributed by atoms with E-state index in [-0.39, 0.29) is 35.9 Å². The molecule has 15 nitrogen and oxygen atoms in total. The number of hydrogen-bond acceptors (Lipinski definition) is 13. The second-order valence-electron chi connectivity index (χ2n) is 17.8. The van der Waals surface area contributed by atoms with Gasteiger partial charge >= 0.3 is 30.0 Å². The number of carbonyl (C=O) groups excluding carboxylic acids is 6. The van der Waals surface area contributed by atoms with Crippen molar-refractivity contribution in [2.45, 2.75) is 98.9 Å². The van der Waals surface area contributed by atoms with Gasteiger partial charge in [0.05, 0.1) is 47.5 Å². The van der Waals surface area contributed by atoms with Gasteiger partial charge in [0.25, 0.3) is 0 Å². The summed E-state index contributed by atoms with van der Waals surface area (Å²) >= 11 is 0. The predicted molar refractivity (Wildman–Crippen MR) is 249 cm³/mol. The van der Waals surface area contributed by atoms with Gasteiger partial charge in [0.1, 0.15) is 17.8 Å². The number of hydrogen-bond donors (Lipinski definition) is 0. The third-order valence-electron chi connectivity index (χ3n) is 11.8. The lowest BCUT2D eigenvalue weighted by atomic mass is 9.77. The van der Waals surface area contributed by atoms with Gasteiger partial charge in [0, 0.05) is 57.7 Å². The molecular weight excluding hydrogens is 845 g/mol. The first kappa shape index (κ1) is 50.4. The van der Waals surface area contributed by atoms with Crippen LogP contribution in [0.2, 0.25) is 0 Å². The molecule has 2 aliphatic heterocycles. The SMILES string of the molecule is COC(=O)C1(/C=C/c2ccc3ccc([C@@H](C)OC(C)=O)nc3c2)CCN(C(=O)OC(C)(C)C)CC1.COC(=O)C1(/C=C/c2ccc3ccc([C@@H](C)OC(C)=O)nc3c2)CCN(C(C)=O)CC1. The summed E-state index contributed by atoms with van der Waals surface area (Å²) in [6.07, 6.45) is 8.21. The molecule has 4 aromatic rings. The number of pyridine rings is 2. The number of amides is 2. The number of esters is 4. The van der Waals surface area contributed by atoms with E-state index in [1.165, 1.54) is 28.1 Å². The summed E-state index contributed by atoms with van der Waals surface area (Å²) in [6, 6.07) is 19.3. The minimum Gasteiger partial charge on any atom is -0.468 e. The molecule has 352 valence electrons. The molecule has 0 saturated carbocycles. The highest BCUT2D eigenvalue weighted by molar-refractivity contribution is 5.85. The quantitative estimate of drug-likeness (QED) is 0.109. The highest BCUT2D eigenvalue weighted by Crippen LogP contribution is 2.37. The van der Waals surface area contributed by atoms with Crippen molar-refractivity contribution in [2.24, 2.45) is 10.8 Å². The molecule has 0 radical (unpaired) electrons. The molecule has 66 heavy (non-hydrogen) atoms. The van der Waals surface area contributed by atoms with Crippen LogP contribution in [0.5, 0.6) is 0 Å². The van der Waals surface area contributed by atoms with Crippen molar-refractivity contribution in [3.8, 4) is 0 Å². The van der Waals surface area contributed by atoms with Gasteiger partial charge in [0.2, 0.25) is 5.91 Å². The van der Waals surface area contributed by atoms with E-state index < -0.39 is 28.6 Å². The van der Waals surface area contributed by atoms with Crippen molar-refractivity contribution in [2.75, 3.05) is 40.4 Å². The highest BCUT2D eigenvalue weighted by atomic mass is 16.6. The second kappa shape index (κ2) is 21.6. The zero-order valence-corrected chi connectivity index (χ0v) is 39.7. The first-order valence-electron chi connectivity index (χ1n) is 22.1. The molecular formula is C51H62N4O11. The Labute approximate surface area is 386 Å². The van der Waals surface area contributed by atoms with Crippen LogP contribution < -0.4 is 0 Å². The molecule has 2 aromatic heterocycles. The average Bonchev–Trinajstić information content (AvgIpc) is 3.28. The maximum Gasteiger partial charge on any atom is 0.410 e. The van der Waals surface area contributed by atoms with E-state index in [0.29, 0.717) is 63.3 Å². The molecule has 2 aromatic carbocycles. The number of carbonyl (C=O) groups is 6. The monoisotopic (exact) mass is 906 g/mol. The molecule has 6 rings (SSSR count). The fourth-order valence-electron chi connectivity index (χ4n) is 8.01. The lowest BCUT2D eigenvalue weighted by molar-refractivity contribution is -0.154. The smallest absolute Gasteiger partial charge is 0.410 e. The van der Waals surface area contributed by atoms with E-state index in [2.05, 4.69) is 9.97 Å². The van der Waals surface area contributed by atoms with Crippen molar-refractivity contribution in [3.05, 3.63) is 95.3 Å². The van der Waals surface area contributed by atoms with Crippen molar-refractivity contribution < 1.29 is 52.5 Å². The summed E-state index contributed by atoms with van der Waals surface area (Å²) in [7, 11) is 2.77. The first-order chi connectivity index (χ1) is 31.2. The van der Waals surface area contributed by atoms with Gasteiger partial charge in [-0.2, -0.15) is 0 Å². The summed E-state index contributed by atoms with van der Waals surface area (Å²) < 4.78 is 26.1. The van der Waals surface area contributed by atoms with Crippen LogP contribution in [0.4, 0.5) is 4.79 Å². The standard InChI is InChI=1S/C27H34N2O6.C24H28N2O5/c1-18(34-19(2)30)22-10-9-21-8-7-20(17-23(21)28-22)11-12-27(24(31)33-6)13-15-29(16-14-27)25(32)35-26(3,4)5;1-16(31-18(3)28)21-8-7-20-6-5-19(15-22(20)25-21)9-10-24(23(29)30-4)11-13-26(14-12-24)17(2)27/h7-12,17-18H,13-16H2,1-6H3;5-10,15-16H,11-14H2,1-4H3/b12-11+;10-9+/t18-;16-/m11/s1. The van der Waals surface area contributed by atoms with Gasteiger partial charge in [-0.1, -0.05) is 60.7 Å². The summed E-state index contributed by atoms with van der Waals surface area (Å²) in [5, 5.41) is 1.92. The third kappa shape index (κ3) is 13.0. The number of benzene rings is 2. The van der Waals surface area contributed by atoms with Gasteiger partial charge in [-0.05, 0) is 95.7 Å². The van der Waals surface area contributed by atoms with Crippen molar-refractivity contribution in [3.63, 3.8) is 0 Å². The Morgan fingerprint density at radius 1 is 0.606 bits per heavy atom. The Morgan fingerprint density at radius 2 is 0.985 bits per heavy atom. The van der Waals surface area contributed by atoms with Crippen LogP contribution in [-0.4, -0.2) is 102 Å². The van der Waals surface area contributed by atoms with Gasteiger partial charge in [-0.25, -0.2) is 14.8 Å². The Morgan fingerprint density at radius 3 is 1.33 bits per heavy atom. The molecule has 2 amide bonds. The maximum atomic E-state index is 12.8. The van der Waals surface area contributed by atoms with Crippen LogP contribution in [0.15, 0.2) is 72.8 Å². The zero-order chi connectivity index (χ0) is 48.4. The molecule has 0 bridgehead atoms. The number of piperidine rings is 2. The average molecular weight is 907 g/mol. The summed E-state index contributed by atoms with van der Waals surface area (Å²) in [5.41, 5.74) is 2.48. The van der Waals surface area contributed by atoms with Crippen molar-refractivity contribution in [1.29, 1.82) is 0 Å². The molecule has 0 N–H and O–H groups in total. The lowest BCUT2D eigenvalue weighted by Crippen LogP contribution is -2.47. The number of methoxy groups -OCH3 is 2. The Balaban J connectivity index is 0.000000249. The van der Waals surface area contributed by atoms with Crippen LogP contribution in [0.1, 0.15) is 116 Å². The largest absolute Gasteiger partial charge is 0.468 e. The van der Waals surface area contributed by atoms with E-state index in [1.54, 1.807) is 30.6 Å². The molecule has 0 unspecified atom stereocenters. The number of rotatable bonds is 10. The fraction of sp³-hybridized carbons (Fsp3) is 0.451. The topological polar surface area (TPSA) is 181 Å². The van der Waals surface area contributed by atoms with Crippen LogP contribution in [0, 0.1) is 10.8 Å². The van der Waals surface area contributed by atoms with Crippen molar-refractivity contribution in [1.82, 2.24) is 19.8 Å². The molecule has 2 fully saturated rings. The van der Waals surface area contributed by atoms with E-state index >= 15 is 0 Å². The van der Waals surface area contributed by atoms with E-state index in [9.17, 15) is 28.8 Å². The Hall–Kier alpha value is -6.64. The minimum absolute atomic E-state index is 0.0156. The van der Waals surface area contributed by atoms with Gasteiger partial charge in [-0.3, -0.25) is 24.0 Å². The van der Waals surface area contributed by atoms with Crippen LogP contribution in [0.25, 0.3) is 34.0 Å². The molecule has 0 spiro atoms.